The summed E-state index contributed by atoms with van der Waals surface area (Å²) in [7, 11) is 0. The summed E-state index contributed by atoms with van der Waals surface area (Å²) in [5.41, 5.74) is 4.81. The molecule has 1 aliphatic heterocycles. The van der Waals surface area contributed by atoms with Crippen LogP contribution in [0.1, 0.15) is 36.9 Å². The number of benzene rings is 1. The van der Waals surface area contributed by atoms with E-state index in [9.17, 15) is 4.79 Å². The van der Waals surface area contributed by atoms with Gasteiger partial charge in [-0.05, 0) is 42.9 Å². The maximum atomic E-state index is 12.3. The van der Waals surface area contributed by atoms with Crippen LogP contribution in [0.15, 0.2) is 35.4 Å². The van der Waals surface area contributed by atoms with Gasteiger partial charge in [0.1, 0.15) is 0 Å². The third-order valence-electron chi connectivity index (χ3n) is 4.22. The van der Waals surface area contributed by atoms with Crippen molar-refractivity contribution in [1.29, 1.82) is 0 Å². The Hall–Kier alpha value is -1.61. The van der Waals surface area contributed by atoms with Crippen molar-refractivity contribution >= 4 is 5.91 Å². The summed E-state index contributed by atoms with van der Waals surface area (Å²) in [5.74, 6) is 0.0956. The minimum absolute atomic E-state index is 0.0956. The number of nitrogens with one attached hydrogen (secondary N) is 2. The summed E-state index contributed by atoms with van der Waals surface area (Å²) in [6.07, 6.45) is 3.33. The molecule has 0 bridgehead atoms. The molecule has 1 aromatic rings. The van der Waals surface area contributed by atoms with E-state index in [4.69, 9.17) is 0 Å². The zero-order valence-electron chi connectivity index (χ0n) is 11.3. The van der Waals surface area contributed by atoms with Crippen LogP contribution in [-0.4, -0.2) is 19.0 Å². The van der Waals surface area contributed by atoms with Crippen molar-refractivity contribution in [2.24, 2.45) is 0 Å². The molecule has 1 aliphatic carbocycles. The normalized spacial score (nSPS) is 21.3. The van der Waals surface area contributed by atoms with E-state index in [0.29, 0.717) is 0 Å². The van der Waals surface area contributed by atoms with Crippen molar-refractivity contribution in [3.05, 3.63) is 46.5 Å². The van der Waals surface area contributed by atoms with Crippen molar-refractivity contribution in [3.63, 3.8) is 0 Å². The fraction of sp³-hybridized carbons (Fsp3) is 0.438. The molecule has 1 aromatic carbocycles. The van der Waals surface area contributed by atoms with Gasteiger partial charge in [0.25, 0.3) is 0 Å². The zero-order chi connectivity index (χ0) is 13.2. The van der Waals surface area contributed by atoms with Crippen LogP contribution in [0.25, 0.3) is 0 Å². The highest BCUT2D eigenvalue weighted by Crippen LogP contribution is 2.29. The molecule has 3 nitrogen and oxygen atoms in total. The maximum Gasteiger partial charge on any atom is 0.247 e. The highest BCUT2D eigenvalue weighted by molar-refractivity contribution is 5.94. The Bertz CT molecular complexity index is 527. The second-order valence-corrected chi connectivity index (χ2v) is 5.45. The van der Waals surface area contributed by atoms with E-state index in [1.165, 1.54) is 16.7 Å². The van der Waals surface area contributed by atoms with Crippen LogP contribution in [-0.2, 0) is 11.2 Å². The second-order valence-electron chi connectivity index (χ2n) is 5.45. The highest BCUT2D eigenvalue weighted by atomic mass is 16.1. The van der Waals surface area contributed by atoms with Crippen LogP contribution in [0.3, 0.4) is 0 Å². The molecule has 3 rings (SSSR count). The molecular formula is C16H20N2O. The number of carbonyl (C=O) groups excluding carboxylic acids is 1. The lowest BCUT2D eigenvalue weighted by Crippen LogP contribution is -2.38. The number of hydrogen-bond acceptors (Lipinski definition) is 2. The molecule has 1 saturated heterocycles. The highest BCUT2D eigenvalue weighted by Gasteiger charge is 2.23. The molecule has 100 valence electrons. The smallest absolute Gasteiger partial charge is 0.247 e. The van der Waals surface area contributed by atoms with E-state index in [1.54, 1.807) is 0 Å². The molecular weight excluding hydrogens is 236 g/mol. The van der Waals surface area contributed by atoms with Crippen LogP contribution >= 0.6 is 0 Å². The first-order valence-electron chi connectivity index (χ1n) is 7.03. The van der Waals surface area contributed by atoms with Gasteiger partial charge in [0.2, 0.25) is 5.91 Å². The molecule has 0 aromatic heterocycles. The van der Waals surface area contributed by atoms with Crippen molar-refractivity contribution in [1.82, 2.24) is 10.6 Å². The number of carbonyl (C=O) groups is 1. The summed E-state index contributed by atoms with van der Waals surface area (Å²) in [6.45, 7) is 3.65. The Labute approximate surface area is 114 Å². The second kappa shape index (κ2) is 5.17. The monoisotopic (exact) mass is 256 g/mol. The number of rotatable bonds is 2. The number of amides is 1. The zero-order valence-corrected chi connectivity index (χ0v) is 11.3. The Balaban J connectivity index is 1.76. The van der Waals surface area contributed by atoms with E-state index in [1.807, 2.05) is 6.92 Å². The fourth-order valence-corrected chi connectivity index (χ4v) is 2.85. The maximum absolute atomic E-state index is 12.3. The largest absolute Gasteiger partial charge is 0.346 e. The Morgan fingerprint density at radius 3 is 2.84 bits per heavy atom. The predicted octanol–water partition coefficient (Wildman–Crippen LogP) is 2.10. The lowest BCUT2D eigenvalue weighted by molar-refractivity contribution is -0.118. The first-order valence-corrected chi connectivity index (χ1v) is 7.03. The molecule has 19 heavy (non-hydrogen) atoms. The first-order chi connectivity index (χ1) is 9.25. The van der Waals surface area contributed by atoms with Crippen molar-refractivity contribution in [2.45, 2.75) is 32.2 Å². The number of aryl methyl sites for hydroxylation is 1. The van der Waals surface area contributed by atoms with E-state index >= 15 is 0 Å². The molecule has 2 aliphatic rings. The van der Waals surface area contributed by atoms with Gasteiger partial charge in [-0.3, -0.25) is 4.79 Å². The average Bonchev–Trinajstić information content (AvgIpc) is 2.37. The molecule has 0 saturated carbocycles. The van der Waals surface area contributed by atoms with Crippen molar-refractivity contribution < 1.29 is 4.79 Å². The van der Waals surface area contributed by atoms with Crippen LogP contribution in [0.5, 0.6) is 0 Å². The summed E-state index contributed by atoms with van der Waals surface area (Å²) < 4.78 is 0. The van der Waals surface area contributed by atoms with Crippen molar-refractivity contribution in [3.8, 4) is 0 Å². The van der Waals surface area contributed by atoms with Gasteiger partial charge < -0.3 is 10.6 Å². The minimum Gasteiger partial charge on any atom is -0.346 e. The van der Waals surface area contributed by atoms with E-state index in [0.717, 1.165) is 37.9 Å². The quantitative estimate of drug-likeness (QED) is 0.796. The molecule has 1 amide bonds. The van der Waals surface area contributed by atoms with Gasteiger partial charge in [-0.1, -0.05) is 24.3 Å². The fourth-order valence-electron chi connectivity index (χ4n) is 2.85. The summed E-state index contributed by atoms with van der Waals surface area (Å²) in [4.78, 5) is 12.3. The van der Waals surface area contributed by atoms with Gasteiger partial charge in [0, 0.05) is 18.7 Å². The molecule has 1 heterocycles. The lowest BCUT2D eigenvalue weighted by Gasteiger charge is -2.28. The van der Waals surface area contributed by atoms with Crippen LogP contribution in [0, 0.1) is 0 Å². The molecule has 1 fully saturated rings. The summed E-state index contributed by atoms with van der Waals surface area (Å²) >= 11 is 0. The summed E-state index contributed by atoms with van der Waals surface area (Å²) in [5, 5.41) is 6.38. The van der Waals surface area contributed by atoms with Gasteiger partial charge in [-0.25, -0.2) is 0 Å². The lowest BCUT2D eigenvalue weighted by atomic mass is 9.87. The van der Waals surface area contributed by atoms with E-state index in [2.05, 4.69) is 34.9 Å². The number of hydrogen-bond donors (Lipinski definition) is 2. The van der Waals surface area contributed by atoms with Gasteiger partial charge in [-0.2, -0.15) is 0 Å². The molecule has 0 radical (unpaired) electrons. The van der Waals surface area contributed by atoms with E-state index in [-0.39, 0.29) is 11.9 Å². The van der Waals surface area contributed by atoms with Crippen molar-refractivity contribution in [2.75, 3.05) is 13.1 Å². The van der Waals surface area contributed by atoms with Gasteiger partial charge in [-0.15, -0.1) is 0 Å². The Morgan fingerprint density at radius 1 is 1.32 bits per heavy atom. The average molecular weight is 256 g/mol. The van der Waals surface area contributed by atoms with Gasteiger partial charge in [0.05, 0.1) is 6.04 Å². The Kier molecular flexibility index (Phi) is 3.38. The molecule has 2 N–H and O–H groups in total. The Morgan fingerprint density at radius 2 is 2.11 bits per heavy atom. The third kappa shape index (κ3) is 2.43. The van der Waals surface area contributed by atoms with Gasteiger partial charge >= 0.3 is 0 Å². The molecule has 1 unspecified atom stereocenters. The molecule has 0 spiro atoms. The van der Waals surface area contributed by atoms with E-state index < -0.39 is 0 Å². The predicted molar refractivity (Wildman–Crippen MR) is 75.8 cm³/mol. The SMILES string of the molecule is CC(C(=O)NC1CCCc2ccccc21)=C1CNC1. The topological polar surface area (TPSA) is 41.1 Å². The summed E-state index contributed by atoms with van der Waals surface area (Å²) in [6, 6.07) is 8.64. The van der Waals surface area contributed by atoms with Gasteiger partial charge in [0.15, 0.2) is 0 Å². The number of fused-ring (bicyclic) bond motifs is 1. The molecule has 3 heteroatoms. The van der Waals surface area contributed by atoms with Crippen LogP contribution in [0.2, 0.25) is 0 Å². The minimum atomic E-state index is 0.0956. The first kappa shape index (κ1) is 12.4. The molecule has 1 atom stereocenters. The van der Waals surface area contributed by atoms with Crippen LogP contribution < -0.4 is 10.6 Å². The third-order valence-corrected chi connectivity index (χ3v) is 4.22. The standard InChI is InChI=1S/C16H20N2O/c1-11(13-9-17-10-13)16(19)18-15-8-4-6-12-5-2-3-7-14(12)15/h2-3,5,7,15,17H,4,6,8-10H2,1H3,(H,18,19). The van der Waals surface area contributed by atoms with Crippen LogP contribution in [0.4, 0.5) is 0 Å².